The minimum Gasteiger partial charge on any atom is -0.497 e. The lowest BCUT2D eigenvalue weighted by Crippen LogP contribution is -2.25. The summed E-state index contributed by atoms with van der Waals surface area (Å²) in [5, 5.41) is 9.30. The van der Waals surface area contributed by atoms with E-state index in [0.717, 1.165) is 17.0 Å². The molecule has 0 fully saturated rings. The highest BCUT2D eigenvalue weighted by atomic mass is 32.2. The number of hydrogen-bond donors (Lipinski definition) is 0. The molecule has 0 aliphatic heterocycles. The zero-order valence-electron chi connectivity index (χ0n) is 16.4. The molecule has 0 amide bonds. The van der Waals surface area contributed by atoms with Gasteiger partial charge in [0, 0.05) is 11.3 Å². The molecule has 0 aliphatic carbocycles. The van der Waals surface area contributed by atoms with Gasteiger partial charge in [-0.3, -0.25) is 9.36 Å². The minimum atomic E-state index is -0.517. The average Bonchev–Trinajstić information content (AvgIpc) is 3.10. The number of benzene rings is 2. The van der Waals surface area contributed by atoms with E-state index in [1.54, 1.807) is 7.11 Å². The first-order valence-corrected chi connectivity index (χ1v) is 9.86. The van der Waals surface area contributed by atoms with Crippen LogP contribution >= 0.6 is 11.8 Å². The van der Waals surface area contributed by atoms with Crippen LogP contribution in [0, 0.1) is 0 Å². The van der Waals surface area contributed by atoms with Crippen molar-refractivity contribution in [2.45, 2.75) is 31.5 Å². The van der Waals surface area contributed by atoms with Crippen molar-refractivity contribution >= 4 is 17.7 Å². The predicted molar refractivity (Wildman–Crippen MR) is 110 cm³/mol. The van der Waals surface area contributed by atoms with E-state index < -0.39 is 5.60 Å². The highest BCUT2D eigenvalue weighted by Gasteiger charge is 2.20. The van der Waals surface area contributed by atoms with E-state index in [9.17, 15) is 4.79 Å². The molecule has 2 aromatic carbocycles. The van der Waals surface area contributed by atoms with Gasteiger partial charge in [0.2, 0.25) is 0 Å². The van der Waals surface area contributed by atoms with Crippen molar-refractivity contribution in [3.05, 3.63) is 54.6 Å². The first kappa shape index (κ1) is 19.9. The van der Waals surface area contributed by atoms with Crippen molar-refractivity contribution < 1.29 is 14.3 Å². The Labute approximate surface area is 168 Å². The van der Waals surface area contributed by atoms with Gasteiger partial charge >= 0.3 is 5.97 Å². The highest BCUT2D eigenvalue weighted by Crippen LogP contribution is 2.29. The van der Waals surface area contributed by atoms with Gasteiger partial charge < -0.3 is 9.47 Å². The summed E-state index contributed by atoms with van der Waals surface area (Å²) in [5.41, 5.74) is 1.31. The molecule has 28 heavy (non-hydrogen) atoms. The van der Waals surface area contributed by atoms with Gasteiger partial charge in [0.25, 0.3) is 0 Å². The summed E-state index contributed by atoms with van der Waals surface area (Å²) in [5.74, 6) is 1.34. The van der Waals surface area contributed by atoms with Gasteiger partial charge in [0.05, 0.1) is 12.9 Å². The van der Waals surface area contributed by atoms with Crippen LogP contribution in [0.3, 0.4) is 0 Å². The lowest BCUT2D eigenvalue weighted by atomic mass is 10.2. The van der Waals surface area contributed by atoms with Crippen molar-refractivity contribution in [1.82, 2.24) is 14.8 Å². The van der Waals surface area contributed by atoms with E-state index in [0.29, 0.717) is 11.0 Å². The molecule has 3 aromatic rings. The topological polar surface area (TPSA) is 66.2 Å². The maximum atomic E-state index is 12.1. The van der Waals surface area contributed by atoms with Gasteiger partial charge in [0.15, 0.2) is 11.0 Å². The Bertz CT molecular complexity index is 932. The summed E-state index contributed by atoms with van der Waals surface area (Å²) in [4.78, 5) is 12.1. The molecule has 146 valence electrons. The van der Waals surface area contributed by atoms with E-state index in [-0.39, 0.29) is 11.7 Å². The number of hydrogen-bond acceptors (Lipinski definition) is 6. The van der Waals surface area contributed by atoms with Crippen LogP contribution in [0.2, 0.25) is 0 Å². The summed E-state index contributed by atoms with van der Waals surface area (Å²) in [6.07, 6.45) is 0. The predicted octanol–water partition coefficient (Wildman–Crippen LogP) is 4.38. The van der Waals surface area contributed by atoms with Crippen LogP contribution in [0.5, 0.6) is 5.75 Å². The molecule has 0 unspecified atom stereocenters. The molecule has 1 heterocycles. The van der Waals surface area contributed by atoms with Gasteiger partial charge in [-0.25, -0.2) is 0 Å². The molecule has 0 radical (unpaired) electrons. The van der Waals surface area contributed by atoms with Gasteiger partial charge in [-0.1, -0.05) is 42.1 Å². The normalized spacial score (nSPS) is 11.3. The Morgan fingerprint density at radius 1 is 1.04 bits per heavy atom. The van der Waals surface area contributed by atoms with Crippen LogP contribution in [0.4, 0.5) is 0 Å². The second kappa shape index (κ2) is 8.48. The van der Waals surface area contributed by atoms with Crippen molar-refractivity contribution in [3.8, 4) is 22.8 Å². The van der Waals surface area contributed by atoms with Gasteiger partial charge in [-0.2, -0.15) is 0 Å². The van der Waals surface area contributed by atoms with Gasteiger partial charge in [0.1, 0.15) is 11.4 Å². The first-order chi connectivity index (χ1) is 13.4. The Hall–Kier alpha value is -2.80. The van der Waals surface area contributed by atoms with E-state index in [1.807, 2.05) is 79.9 Å². The third-order valence-electron chi connectivity index (χ3n) is 3.74. The molecule has 6 nitrogen and oxygen atoms in total. The van der Waals surface area contributed by atoms with Crippen molar-refractivity contribution in [2.75, 3.05) is 12.9 Å². The van der Waals surface area contributed by atoms with Crippen LogP contribution in [-0.2, 0) is 9.53 Å². The number of rotatable bonds is 6. The fourth-order valence-electron chi connectivity index (χ4n) is 2.60. The number of nitrogens with zero attached hydrogens (tertiary/aromatic N) is 3. The number of esters is 1. The van der Waals surface area contributed by atoms with Crippen LogP contribution in [0.1, 0.15) is 20.8 Å². The summed E-state index contributed by atoms with van der Waals surface area (Å²) in [6.45, 7) is 5.55. The van der Waals surface area contributed by atoms with Crippen molar-refractivity contribution in [1.29, 1.82) is 0 Å². The number of thioether (sulfide) groups is 1. The second-order valence-electron chi connectivity index (χ2n) is 7.08. The zero-order chi connectivity index (χ0) is 20.1. The smallest absolute Gasteiger partial charge is 0.316 e. The maximum Gasteiger partial charge on any atom is 0.316 e. The average molecular weight is 398 g/mol. The van der Waals surface area contributed by atoms with E-state index in [1.165, 1.54) is 11.8 Å². The van der Waals surface area contributed by atoms with Crippen LogP contribution in [0.15, 0.2) is 59.8 Å². The Morgan fingerprint density at radius 2 is 1.71 bits per heavy atom. The molecule has 0 spiro atoms. The molecule has 0 bridgehead atoms. The fourth-order valence-corrected chi connectivity index (χ4v) is 3.32. The Balaban J connectivity index is 1.93. The number of carbonyl (C=O) groups is 1. The SMILES string of the molecule is COc1ccc(-n2c(SCC(=O)OC(C)(C)C)nnc2-c2ccccc2)cc1. The van der Waals surface area contributed by atoms with E-state index >= 15 is 0 Å². The summed E-state index contributed by atoms with van der Waals surface area (Å²) < 4.78 is 12.6. The molecular formula is C21H23N3O3S. The minimum absolute atomic E-state index is 0.153. The second-order valence-corrected chi connectivity index (χ2v) is 8.02. The van der Waals surface area contributed by atoms with Crippen LogP contribution in [-0.4, -0.2) is 39.2 Å². The summed E-state index contributed by atoms with van der Waals surface area (Å²) >= 11 is 1.30. The fraction of sp³-hybridized carbons (Fsp3) is 0.286. The molecule has 0 N–H and O–H groups in total. The number of aromatic nitrogens is 3. The lowest BCUT2D eigenvalue weighted by molar-refractivity contribution is -0.151. The quantitative estimate of drug-likeness (QED) is 0.454. The highest BCUT2D eigenvalue weighted by molar-refractivity contribution is 7.99. The monoisotopic (exact) mass is 397 g/mol. The number of methoxy groups -OCH3 is 1. The molecule has 0 atom stereocenters. The molecular weight excluding hydrogens is 374 g/mol. The van der Waals surface area contributed by atoms with Crippen molar-refractivity contribution in [2.24, 2.45) is 0 Å². The van der Waals surface area contributed by atoms with Crippen LogP contribution < -0.4 is 4.74 Å². The van der Waals surface area contributed by atoms with E-state index in [4.69, 9.17) is 9.47 Å². The summed E-state index contributed by atoms with van der Waals surface area (Å²) in [7, 11) is 1.63. The number of carbonyl (C=O) groups excluding carboxylic acids is 1. The third kappa shape index (κ3) is 4.92. The van der Waals surface area contributed by atoms with E-state index in [2.05, 4.69) is 10.2 Å². The Kier molecular flexibility index (Phi) is 6.04. The zero-order valence-corrected chi connectivity index (χ0v) is 17.2. The largest absolute Gasteiger partial charge is 0.497 e. The lowest BCUT2D eigenvalue weighted by Gasteiger charge is -2.19. The van der Waals surface area contributed by atoms with Crippen LogP contribution in [0.25, 0.3) is 17.1 Å². The maximum absolute atomic E-state index is 12.1. The molecule has 1 aromatic heterocycles. The molecule has 0 saturated heterocycles. The third-order valence-corrected chi connectivity index (χ3v) is 4.64. The summed E-state index contributed by atoms with van der Waals surface area (Å²) in [6, 6.07) is 17.5. The van der Waals surface area contributed by atoms with Gasteiger partial charge in [-0.05, 0) is 45.0 Å². The Morgan fingerprint density at radius 3 is 2.32 bits per heavy atom. The molecule has 7 heteroatoms. The molecule has 0 saturated carbocycles. The first-order valence-electron chi connectivity index (χ1n) is 8.87. The molecule has 0 aliphatic rings. The standard InChI is InChI=1S/C21H23N3O3S/c1-21(2,3)27-18(25)14-28-20-23-22-19(15-8-6-5-7-9-15)24(20)16-10-12-17(26-4)13-11-16/h5-13H,14H2,1-4H3. The number of ether oxygens (including phenoxy) is 2. The van der Waals surface area contributed by atoms with Crippen molar-refractivity contribution in [3.63, 3.8) is 0 Å². The van der Waals surface area contributed by atoms with Gasteiger partial charge in [-0.15, -0.1) is 10.2 Å². The molecule has 3 rings (SSSR count).